The summed E-state index contributed by atoms with van der Waals surface area (Å²) in [6.45, 7) is 3.04. The van der Waals surface area contributed by atoms with E-state index in [0.29, 0.717) is 16.7 Å². The van der Waals surface area contributed by atoms with Crippen molar-refractivity contribution in [2.75, 3.05) is 13.1 Å². The maximum Gasteiger partial charge on any atom is 0.243 e. The van der Waals surface area contributed by atoms with E-state index in [1.54, 1.807) is 36.4 Å². The molecule has 0 fully saturated rings. The van der Waals surface area contributed by atoms with Crippen molar-refractivity contribution >= 4 is 27.4 Å². The molecule has 7 heteroatoms. The molecule has 0 unspecified atom stereocenters. The number of fused-ring (bicyclic) bond motifs is 1. The molecule has 4 rings (SSSR count). The molecule has 0 bridgehead atoms. The molecule has 0 aromatic heterocycles. The lowest BCUT2D eigenvalue weighted by Crippen LogP contribution is -2.30. The Bertz CT molecular complexity index is 1230. The molecule has 152 valence electrons. The number of rotatable bonds is 4. The summed E-state index contributed by atoms with van der Waals surface area (Å²) >= 11 is 0. The number of Topliss-reactive ketones (excluding diaryl/α,β-unsaturated/α-hetero) is 3. The van der Waals surface area contributed by atoms with E-state index in [4.69, 9.17) is 0 Å². The van der Waals surface area contributed by atoms with E-state index in [-0.39, 0.29) is 34.9 Å². The van der Waals surface area contributed by atoms with Crippen LogP contribution in [-0.2, 0) is 14.8 Å². The molecule has 1 heterocycles. The third-order valence-corrected chi connectivity index (χ3v) is 7.18. The van der Waals surface area contributed by atoms with E-state index in [2.05, 4.69) is 0 Å². The Kier molecular flexibility index (Phi) is 4.88. The van der Waals surface area contributed by atoms with Gasteiger partial charge in [0, 0.05) is 29.8 Å². The zero-order chi connectivity index (χ0) is 21.6. The Morgan fingerprint density at radius 3 is 2.03 bits per heavy atom. The topological polar surface area (TPSA) is 88.6 Å². The van der Waals surface area contributed by atoms with Crippen LogP contribution in [0.15, 0.2) is 76.2 Å². The molecule has 30 heavy (non-hydrogen) atoms. The van der Waals surface area contributed by atoms with Gasteiger partial charge in [-0.1, -0.05) is 42.0 Å². The van der Waals surface area contributed by atoms with Crippen LogP contribution in [0.1, 0.15) is 33.2 Å². The highest BCUT2D eigenvalue weighted by Gasteiger charge is 2.36. The zero-order valence-corrected chi connectivity index (χ0v) is 17.3. The van der Waals surface area contributed by atoms with Crippen molar-refractivity contribution in [3.8, 4) is 0 Å². The molecule has 0 N–H and O–H groups in total. The van der Waals surface area contributed by atoms with Crippen LogP contribution in [0.5, 0.6) is 0 Å². The molecule has 0 amide bonds. The summed E-state index contributed by atoms with van der Waals surface area (Å²) in [7, 11) is -3.83. The molecule has 2 aromatic carbocycles. The second-order valence-corrected chi connectivity index (χ2v) is 9.35. The van der Waals surface area contributed by atoms with E-state index in [1.807, 2.05) is 6.92 Å². The number of aryl methyl sites for hydroxylation is 1. The van der Waals surface area contributed by atoms with Gasteiger partial charge in [-0.15, -0.1) is 0 Å². The van der Waals surface area contributed by atoms with Crippen LogP contribution in [0, 0.1) is 6.92 Å². The fraction of sp³-hybridized carbons (Fsp3) is 0.174. The number of hydrogen-bond acceptors (Lipinski definition) is 5. The van der Waals surface area contributed by atoms with E-state index in [9.17, 15) is 22.8 Å². The molecular weight excluding hydrogens is 402 g/mol. The minimum absolute atomic E-state index is 0.0421. The third kappa shape index (κ3) is 3.26. The minimum atomic E-state index is -3.83. The maximum absolute atomic E-state index is 13.0. The van der Waals surface area contributed by atoms with Gasteiger partial charge in [0.05, 0.1) is 10.5 Å². The van der Waals surface area contributed by atoms with Crippen molar-refractivity contribution in [1.29, 1.82) is 0 Å². The van der Waals surface area contributed by atoms with Gasteiger partial charge in [0.2, 0.25) is 10.0 Å². The van der Waals surface area contributed by atoms with Crippen molar-refractivity contribution in [2.45, 2.75) is 18.7 Å². The van der Waals surface area contributed by atoms with Gasteiger partial charge < -0.3 is 0 Å². The largest absolute Gasteiger partial charge is 0.295 e. The third-order valence-electron chi connectivity index (χ3n) is 5.38. The molecule has 2 aromatic rings. The lowest BCUT2D eigenvalue weighted by Gasteiger charge is -2.16. The van der Waals surface area contributed by atoms with Crippen LogP contribution < -0.4 is 0 Å². The second-order valence-electron chi connectivity index (χ2n) is 7.41. The van der Waals surface area contributed by atoms with Crippen LogP contribution in [0.25, 0.3) is 0 Å². The normalized spacial score (nSPS) is 16.9. The van der Waals surface area contributed by atoms with Crippen LogP contribution >= 0.6 is 0 Å². The summed E-state index contributed by atoms with van der Waals surface area (Å²) in [5.41, 5.74) is 2.19. The summed E-state index contributed by atoms with van der Waals surface area (Å²) in [6.07, 6.45) is 1.38. The van der Waals surface area contributed by atoms with E-state index in [0.717, 1.165) is 5.56 Å². The van der Waals surface area contributed by atoms with Crippen LogP contribution in [0.2, 0.25) is 0 Å². The average molecular weight is 421 g/mol. The first-order valence-corrected chi connectivity index (χ1v) is 10.8. The summed E-state index contributed by atoms with van der Waals surface area (Å²) in [5.74, 6) is -1.12. The molecule has 6 nitrogen and oxygen atoms in total. The van der Waals surface area contributed by atoms with Crippen molar-refractivity contribution in [3.05, 3.63) is 88.0 Å². The van der Waals surface area contributed by atoms with Gasteiger partial charge in [-0.2, -0.15) is 4.31 Å². The standard InChI is InChI=1S/C23H19NO5S/c1-14-7-9-17(10-8-14)30(28,29)24-12-16(21(13-24)15(2)25)11-20-22(26)18-5-3-4-6-19(18)23(20)27/h3-11H,12-13H2,1-2H3. The highest BCUT2D eigenvalue weighted by atomic mass is 32.2. The van der Waals surface area contributed by atoms with Gasteiger partial charge in [0.25, 0.3) is 0 Å². The van der Waals surface area contributed by atoms with Gasteiger partial charge in [0.15, 0.2) is 17.3 Å². The van der Waals surface area contributed by atoms with E-state index < -0.39 is 21.6 Å². The Balaban J connectivity index is 1.70. The summed E-state index contributed by atoms with van der Waals surface area (Å²) in [4.78, 5) is 37.7. The zero-order valence-electron chi connectivity index (χ0n) is 16.5. The smallest absolute Gasteiger partial charge is 0.243 e. The highest BCUT2D eigenvalue weighted by molar-refractivity contribution is 7.89. The number of benzene rings is 2. The number of allylic oxidation sites excluding steroid dienone is 1. The number of nitrogens with zero attached hydrogens (tertiary/aromatic N) is 1. The van der Waals surface area contributed by atoms with Gasteiger partial charge in [-0.25, -0.2) is 8.42 Å². The van der Waals surface area contributed by atoms with Gasteiger partial charge in [-0.3, -0.25) is 14.4 Å². The Labute approximate surface area is 174 Å². The molecular formula is C23H19NO5S. The van der Waals surface area contributed by atoms with Gasteiger partial charge >= 0.3 is 0 Å². The van der Waals surface area contributed by atoms with E-state index in [1.165, 1.54) is 29.4 Å². The minimum Gasteiger partial charge on any atom is -0.295 e. The van der Waals surface area contributed by atoms with Crippen molar-refractivity contribution in [2.24, 2.45) is 0 Å². The SMILES string of the molecule is CC(=O)C1=C(C=C2C(=O)c3ccccc3C2=O)CN(S(=O)(=O)c2ccc(C)cc2)C1. The molecule has 0 saturated carbocycles. The average Bonchev–Trinajstić information content (AvgIpc) is 3.25. The predicted octanol–water partition coefficient (Wildman–Crippen LogP) is 2.89. The first kappa shape index (κ1) is 20.1. The highest BCUT2D eigenvalue weighted by Crippen LogP contribution is 2.31. The lowest BCUT2D eigenvalue weighted by molar-refractivity contribution is -0.113. The van der Waals surface area contributed by atoms with Crippen LogP contribution in [0.4, 0.5) is 0 Å². The summed E-state index contributed by atoms with van der Waals surface area (Å²) in [6, 6.07) is 13.0. The second kappa shape index (κ2) is 7.27. The summed E-state index contributed by atoms with van der Waals surface area (Å²) in [5, 5.41) is 0. The lowest BCUT2D eigenvalue weighted by atomic mass is 10.0. The Morgan fingerprint density at radius 1 is 0.933 bits per heavy atom. The van der Waals surface area contributed by atoms with Gasteiger partial charge in [0.1, 0.15) is 0 Å². The quantitative estimate of drug-likeness (QED) is 0.559. The summed E-state index contributed by atoms with van der Waals surface area (Å²) < 4.78 is 27.3. The molecule has 2 aliphatic rings. The monoisotopic (exact) mass is 421 g/mol. The van der Waals surface area contributed by atoms with Crippen molar-refractivity contribution in [3.63, 3.8) is 0 Å². The number of sulfonamides is 1. The maximum atomic E-state index is 13.0. The van der Waals surface area contributed by atoms with Crippen molar-refractivity contribution < 1.29 is 22.8 Å². The molecule has 1 aliphatic heterocycles. The van der Waals surface area contributed by atoms with E-state index >= 15 is 0 Å². The molecule has 0 spiro atoms. The first-order chi connectivity index (χ1) is 14.2. The number of carbonyl (C=O) groups excluding carboxylic acids is 3. The van der Waals surface area contributed by atoms with Gasteiger partial charge in [-0.05, 0) is 37.6 Å². The Hall–Kier alpha value is -3.16. The fourth-order valence-electron chi connectivity index (χ4n) is 3.70. The molecule has 0 atom stereocenters. The first-order valence-electron chi connectivity index (χ1n) is 9.40. The Morgan fingerprint density at radius 2 is 1.50 bits per heavy atom. The number of ketones is 3. The fourth-order valence-corrected chi connectivity index (χ4v) is 5.08. The van der Waals surface area contributed by atoms with Crippen LogP contribution in [-0.4, -0.2) is 43.2 Å². The predicted molar refractivity (Wildman–Crippen MR) is 111 cm³/mol. The number of hydrogen-bond donors (Lipinski definition) is 0. The molecule has 1 aliphatic carbocycles. The van der Waals surface area contributed by atoms with Crippen LogP contribution in [0.3, 0.4) is 0 Å². The molecule has 0 radical (unpaired) electrons. The van der Waals surface area contributed by atoms with Crippen molar-refractivity contribution in [1.82, 2.24) is 4.31 Å². The molecule has 0 saturated heterocycles. The number of carbonyl (C=O) groups is 3.